The molecule has 3 rings (SSSR count). The highest BCUT2D eigenvalue weighted by Crippen LogP contribution is 2.45. The number of fused-ring (bicyclic) bond motifs is 2. The van der Waals surface area contributed by atoms with E-state index in [0.29, 0.717) is 0 Å². The standard InChI is InChI=1S/C14H21BrN2O3/c1-13(2,3)19-12(18)17-9-4-5-10(17)7-14(6-9)8-11(15)16-20-14/h8-10,16H,4-7H2,1-3H3. The van der Waals surface area contributed by atoms with Crippen molar-refractivity contribution in [3.8, 4) is 0 Å². The van der Waals surface area contributed by atoms with Gasteiger partial charge in [0.15, 0.2) is 0 Å². The second-order valence-electron chi connectivity index (χ2n) is 6.94. The lowest BCUT2D eigenvalue weighted by Crippen LogP contribution is -2.54. The highest BCUT2D eigenvalue weighted by molar-refractivity contribution is 9.11. The van der Waals surface area contributed by atoms with Crippen LogP contribution in [0.5, 0.6) is 0 Å². The van der Waals surface area contributed by atoms with Gasteiger partial charge in [-0.05, 0) is 55.6 Å². The minimum atomic E-state index is -0.444. The summed E-state index contributed by atoms with van der Waals surface area (Å²) in [7, 11) is 0. The van der Waals surface area contributed by atoms with E-state index in [2.05, 4.69) is 27.5 Å². The van der Waals surface area contributed by atoms with Gasteiger partial charge in [-0.1, -0.05) is 0 Å². The monoisotopic (exact) mass is 344 g/mol. The number of nitrogens with zero attached hydrogens (tertiary/aromatic N) is 1. The number of amides is 1. The van der Waals surface area contributed by atoms with Crippen LogP contribution < -0.4 is 5.48 Å². The lowest BCUT2D eigenvalue weighted by Gasteiger charge is -2.42. The van der Waals surface area contributed by atoms with Crippen LogP contribution in [0, 0.1) is 0 Å². The molecular formula is C14H21BrN2O3. The van der Waals surface area contributed by atoms with Crippen LogP contribution in [0.1, 0.15) is 46.5 Å². The highest BCUT2D eigenvalue weighted by atomic mass is 79.9. The summed E-state index contributed by atoms with van der Waals surface area (Å²) >= 11 is 3.41. The third kappa shape index (κ3) is 2.55. The molecule has 2 atom stereocenters. The number of hydroxylamine groups is 1. The van der Waals surface area contributed by atoms with Gasteiger partial charge in [-0.2, -0.15) is 0 Å². The van der Waals surface area contributed by atoms with Crippen molar-refractivity contribution < 1.29 is 14.4 Å². The largest absolute Gasteiger partial charge is 0.444 e. The summed E-state index contributed by atoms with van der Waals surface area (Å²) in [6.07, 6.45) is 5.61. The molecule has 0 aromatic heterocycles. The number of hydrogen-bond acceptors (Lipinski definition) is 4. The number of carbonyl (C=O) groups excluding carboxylic acids is 1. The molecule has 1 N–H and O–H groups in total. The predicted molar refractivity (Wildman–Crippen MR) is 78.1 cm³/mol. The molecular weight excluding hydrogens is 324 g/mol. The molecule has 3 heterocycles. The normalized spacial score (nSPS) is 36.0. The first-order valence-corrected chi connectivity index (χ1v) is 7.91. The maximum Gasteiger partial charge on any atom is 0.410 e. The Morgan fingerprint density at radius 1 is 1.45 bits per heavy atom. The SMILES string of the molecule is CC(C)(C)OC(=O)N1C2CCC1CC1(C=C(Br)NO1)C2. The molecule has 3 aliphatic heterocycles. The van der Waals surface area contributed by atoms with Crippen LogP contribution in [0.2, 0.25) is 0 Å². The van der Waals surface area contributed by atoms with Gasteiger partial charge in [-0.15, -0.1) is 0 Å². The Labute approximate surface area is 127 Å². The van der Waals surface area contributed by atoms with Gasteiger partial charge >= 0.3 is 6.09 Å². The van der Waals surface area contributed by atoms with Gasteiger partial charge in [0.1, 0.15) is 15.8 Å². The van der Waals surface area contributed by atoms with Crippen LogP contribution in [-0.4, -0.2) is 34.3 Å². The zero-order valence-electron chi connectivity index (χ0n) is 12.1. The van der Waals surface area contributed by atoms with E-state index in [0.717, 1.165) is 30.3 Å². The smallest absolute Gasteiger partial charge is 0.410 e. The molecule has 0 saturated carbocycles. The van der Waals surface area contributed by atoms with Gasteiger partial charge in [-0.25, -0.2) is 4.79 Å². The summed E-state index contributed by atoms with van der Waals surface area (Å²) in [5.41, 5.74) is 2.16. The van der Waals surface area contributed by atoms with Crippen molar-refractivity contribution in [2.24, 2.45) is 0 Å². The molecule has 6 heteroatoms. The van der Waals surface area contributed by atoms with Crippen LogP contribution in [0.4, 0.5) is 4.79 Å². The Hall–Kier alpha value is -0.750. The number of piperidine rings is 1. The zero-order chi connectivity index (χ0) is 14.5. The second kappa shape index (κ2) is 4.63. The van der Waals surface area contributed by atoms with Gasteiger partial charge in [0, 0.05) is 24.9 Å². The average Bonchev–Trinajstić information content (AvgIpc) is 2.77. The lowest BCUT2D eigenvalue weighted by molar-refractivity contribution is -0.0914. The molecule has 5 nitrogen and oxygen atoms in total. The topological polar surface area (TPSA) is 50.8 Å². The molecule has 1 spiro atoms. The lowest BCUT2D eigenvalue weighted by atomic mass is 9.86. The van der Waals surface area contributed by atoms with E-state index in [9.17, 15) is 4.79 Å². The van der Waals surface area contributed by atoms with Crippen molar-refractivity contribution in [1.29, 1.82) is 0 Å². The van der Waals surface area contributed by atoms with E-state index in [1.54, 1.807) is 0 Å². The number of hydrogen-bond donors (Lipinski definition) is 1. The van der Waals surface area contributed by atoms with E-state index in [4.69, 9.17) is 9.57 Å². The molecule has 112 valence electrons. The molecule has 20 heavy (non-hydrogen) atoms. The van der Waals surface area contributed by atoms with Gasteiger partial charge in [0.2, 0.25) is 0 Å². The Kier molecular flexibility index (Phi) is 3.29. The van der Waals surface area contributed by atoms with Crippen molar-refractivity contribution in [3.63, 3.8) is 0 Å². The summed E-state index contributed by atoms with van der Waals surface area (Å²) in [5, 5.41) is 0. The fourth-order valence-electron chi connectivity index (χ4n) is 3.50. The Morgan fingerprint density at radius 3 is 2.50 bits per heavy atom. The van der Waals surface area contributed by atoms with Crippen LogP contribution in [0.3, 0.4) is 0 Å². The molecule has 2 unspecified atom stereocenters. The number of carbonyl (C=O) groups is 1. The van der Waals surface area contributed by atoms with Crippen molar-refractivity contribution >= 4 is 22.0 Å². The predicted octanol–water partition coefficient (Wildman–Crippen LogP) is 3.06. The van der Waals surface area contributed by atoms with Crippen molar-refractivity contribution in [3.05, 3.63) is 10.7 Å². The van der Waals surface area contributed by atoms with E-state index >= 15 is 0 Å². The Balaban J connectivity index is 1.74. The molecule has 2 bridgehead atoms. The fraction of sp³-hybridized carbons (Fsp3) is 0.786. The summed E-state index contributed by atoms with van der Waals surface area (Å²) in [6, 6.07) is 0.417. The minimum Gasteiger partial charge on any atom is -0.444 e. The second-order valence-corrected chi connectivity index (χ2v) is 7.80. The Bertz CT molecular complexity index is 444. The Morgan fingerprint density at radius 2 is 2.05 bits per heavy atom. The number of halogens is 1. The van der Waals surface area contributed by atoms with E-state index in [1.165, 1.54) is 0 Å². The molecule has 0 aromatic rings. The number of ether oxygens (including phenoxy) is 1. The van der Waals surface area contributed by atoms with Crippen LogP contribution >= 0.6 is 15.9 Å². The molecule has 2 saturated heterocycles. The van der Waals surface area contributed by atoms with Gasteiger partial charge in [0.05, 0.1) is 0 Å². The molecule has 1 amide bonds. The highest BCUT2D eigenvalue weighted by Gasteiger charge is 2.52. The first-order chi connectivity index (χ1) is 9.28. The van der Waals surface area contributed by atoms with Gasteiger partial charge < -0.3 is 9.64 Å². The van der Waals surface area contributed by atoms with Gasteiger partial charge in [0.25, 0.3) is 0 Å². The summed E-state index contributed by atoms with van der Waals surface area (Å²) in [5.74, 6) is 0. The molecule has 0 radical (unpaired) electrons. The third-order valence-corrected chi connectivity index (χ3v) is 4.52. The third-order valence-electron chi connectivity index (χ3n) is 4.13. The van der Waals surface area contributed by atoms with E-state index in [1.807, 2.05) is 25.7 Å². The van der Waals surface area contributed by atoms with Crippen molar-refractivity contribution in [2.75, 3.05) is 0 Å². The maximum absolute atomic E-state index is 12.4. The van der Waals surface area contributed by atoms with Crippen molar-refractivity contribution in [2.45, 2.75) is 69.7 Å². The first-order valence-electron chi connectivity index (χ1n) is 7.12. The van der Waals surface area contributed by atoms with E-state index in [-0.39, 0.29) is 23.8 Å². The summed E-state index contributed by atoms with van der Waals surface area (Å²) in [4.78, 5) is 20.0. The average molecular weight is 345 g/mol. The van der Waals surface area contributed by atoms with E-state index < -0.39 is 5.60 Å². The van der Waals surface area contributed by atoms with Crippen LogP contribution in [0.25, 0.3) is 0 Å². The molecule has 3 aliphatic rings. The molecule has 0 aromatic carbocycles. The van der Waals surface area contributed by atoms with Gasteiger partial charge in [-0.3, -0.25) is 10.3 Å². The van der Waals surface area contributed by atoms with Crippen LogP contribution in [-0.2, 0) is 9.57 Å². The number of rotatable bonds is 0. The van der Waals surface area contributed by atoms with Crippen molar-refractivity contribution in [1.82, 2.24) is 10.4 Å². The number of nitrogens with one attached hydrogen (secondary N) is 1. The fourth-order valence-corrected chi connectivity index (χ4v) is 4.00. The quantitative estimate of drug-likeness (QED) is 0.686. The maximum atomic E-state index is 12.4. The molecule has 0 aliphatic carbocycles. The first kappa shape index (κ1) is 14.2. The summed E-state index contributed by atoms with van der Waals surface area (Å²) < 4.78 is 6.41. The minimum absolute atomic E-state index is 0.186. The molecule has 2 fully saturated rings. The summed E-state index contributed by atoms with van der Waals surface area (Å²) in [6.45, 7) is 5.71. The van der Waals surface area contributed by atoms with Crippen LogP contribution in [0.15, 0.2) is 10.7 Å². The zero-order valence-corrected chi connectivity index (χ0v) is 13.7.